The summed E-state index contributed by atoms with van der Waals surface area (Å²) in [7, 11) is 0. The van der Waals surface area contributed by atoms with Crippen LogP contribution in [-0.4, -0.2) is 0 Å². The summed E-state index contributed by atoms with van der Waals surface area (Å²) in [4.78, 5) is 0. The number of fused-ring (bicyclic) bond motifs is 1. The van der Waals surface area contributed by atoms with Crippen molar-refractivity contribution >= 4 is 0 Å². The maximum atomic E-state index is 2.42. The van der Waals surface area contributed by atoms with Crippen molar-refractivity contribution < 1.29 is 0 Å². The molecular weight excluding hydrogens is 168 g/mol. The minimum Gasteiger partial charge on any atom is -0.0832 e. The molecule has 0 N–H and O–H groups in total. The molecule has 0 saturated heterocycles. The van der Waals surface area contributed by atoms with Crippen LogP contribution < -0.4 is 0 Å². The molecule has 1 aromatic rings. The number of benzene rings is 1. The van der Waals surface area contributed by atoms with E-state index in [1.165, 1.54) is 5.56 Å². The molecule has 0 amide bonds. The Morgan fingerprint density at radius 2 is 1.43 bits per heavy atom. The van der Waals surface area contributed by atoms with Crippen LogP contribution in [0.4, 0.5) is 0 Å². The fraction of sp³-hybridized carbons (Fsp3) is 0.286. The zero-order chi connectivity index (χ0) is 9.17. The molecule has 1 fully saturated rings. The normalized spacial score (nSPS) is 45.6. The molecule has 1 saturated carbocycles. The lowest BCUT2D eigenvalue weighted by molar-refractivity contribution is 0.583. The molecule has 0 heteroatoms. The van der Waals surface area contributed by atoms with Gasteiger partial charge in [0.2, 0.25) is 0 Å². The summed E-state index contributed by atoms with van der Waals surface area (Å²) in [5, 5.41) is 0. The Labute approximate surface area is 84.0 Å². The van der Waals surface area contributed by atoms with Crippen LogP contribution in [0.5, 0.6) is 0 Å². The Balaban J connectivity index is 1.90. The van der Waals surface area contributed by atoms with E-state index in [1.54, 1.807) is 0 Å². The zero-order valence-electron chi connectivity index (χ0n) is 7.93. The Morgan fingerprint density at radius 3 is 2.00 bits per heavy atom. The third-order valence-corrected chi connectivity index (χ3v) is 4.26. The van der Waals surface area contributed by atoms with Gasteiger partial charge in [-0.1, -0.05) is 54.6 Å². The highest BCUT2D eigenvalue weighted by molar-refractivity contribution is 5.53. The average Bonchev–Trinajstić information content (AvgIpc) is 2.62. The quantitative estimate of drug-likeness (QED) is 0.583. The molecule has 0 radical (unpaired) electrons. The average molecular weight is 180 g/mol. The molecule has 4 rings (SSSR count). The topological polar surface area (TPSA) is 0 Å². The molecule has 0 nitrogen and oxygen atoms in total. The van der Waals surface area contributed by atoms with Gasteiger partial charge in [-0.2, -0.15) is 0 Å². The predicted molar refractivity (Wildman–Crippen MR) is 56.9 cm³/mol. The fourth-order valence-corrected chi connectivity index (χ4v) is 3.63. The van der Waals surface area contributed by atoms with E-state index in [0.29, 0.717) is 11.3 Å². The minimum absolute atomic E-state index is 0.460. The van der Waals surface area contributed by atoms with Gasteiger partial charge in [0.1, 0.15) is 0 Å². The van der Waals surface area contributed by atoms with Crippen molar-refractivity contribution in [2.75, 3.05) is 0 Å². The van der Waals surface area contributed by atoms with Gasteiger partial charge in [-0.25, -0.2) is 0 Å². The molecule has 0 spiro atoms. The molecule has 3 aliphatic rings. The second kappa shape index (κ2) is 2.03. The van der Waals surface area contributed by atoms with E-state index in [1.807, 2.05) is 0 Å². The monoisotopic (exact) mass is 180 g/mol. The standard InChI is InChI=1S/C14H12/c1-2-4-10(5-3-1)14-11-6-8-12(14)13(14)9-7-11/h1-9,11-13H. The molecule has 1 aromatic carbocycles. The van der Waals surface area contributed by atoms with Gasteiger partial charge in [0.25, 0.3) is 0 Å². The van der Waals surface area contributed by atoms with Crippen LogP contribution in [0, 0.1) is 17.8 Å². The summed E-state index contributed by atoms with van der Waals surface area (Å²) in [6.07, 6.45) is 9.61. The first-order valence-electron chi connectivity index (χ1n) is 5.36. The molecule has 0 bridgehead atoms. The summed E-state index contributed by atoms with van der Waals surface area (Å²) < 4.78 is 0. The molecule has 68 valence electrons. The van der Waals surface area contributed by atoms with Crippen LogP contribution in [-0.2, 0) is 5.41 Å². The maximum absolute atomic E-state index is 2.42. The summed E-state index contributed by atoms with van der Waals surface area (Å²) in [5.41, 5.74) is 2.00. The lowest BCUT2D eigenvalue weighted by Crippen LogP contribution is -2.15. The van der Waals surface area contributed by atoms with Crippen molar-refractivity contribution in [1.29, 1.82) is 0 Å². The summed E-state index contributed by atoms with van der Waals surface area (Å²) in [6.45, 7) is 0. The lowest BCUT2D eigenvalue weighted by Gasteiger charge is -2.18. The Morgan fingerprint density at radius 1 is 0.786 bits per heavy atom. The molecule has 0 aliphatic heterocycles. The highest BCUT2D eigenvalue weighted by atomic mass is 14.7. The van der Waals surface area contributed by atoms with Gasteiger partial charge in [0.05, 0.1) is 0 Å². The van der Waals surface area contributed by atoms with Crippen molar-refractivity contribution in [3.8, 4) is 0 Å². The SMILES string of the molecule is C1=CC2C3C=CC1C23c1ccccc1. The molecule has 2 atom stereocenters. The van der Waals surface area contributed by atoms with E-state index in [-0.39, 0.29) is 0 Å². The number of hydrogen-bond donors (Lipinski definition) is 0. The molecule has 14 heavy (non-hydrogen) atoms. The minimum atomic E-state index is 0.460. The second-order valence-electron chi connectivity index (χ2n) is 4.65. The van der Waals surface area contributed by atoms with Crippen LogP contribution in [0.3, 0.4) is 0 Å². The van der Waals surface area contributed by atoms with E-state index in [9.17, 15) is 0 Å². The van der Waals surface area contributed by atoms with E-state index < -0.39 is 0 Å². The van der Waals surface area contributed by atoms with Gasteiger partial charge in [-0.3, -0.25) is 0 Å². The van der Waals surface area contributed by atoms with Gasteiger partial charge >= 0.3 is 0 Å². The van der Waals surface area contributed by atoms with Gasteiger partial charge < -0.3 is 0 Å². The second-order valence-corrected chi connectivity index (χ2v) is 4.65. The van der Waals surface area contributed by atoms with E-state index in [2.05, 4.69) is 54.6 Å². The van der Waals surface area contributed by atoms with Gasteiger partial charge in [0, 0.05) is 11.3 Å². The van der Waals surface area contributed by atoms with Crippen LogP contribution >= 0.6 is 0 Å². The van der Waals surface area contributed by atoms with Crippen molar-refractivity contribution in [3.63, 3.8) is 0 Å². The first kappa shape index (κ1) is 7.05. The summed E-state index contributed by atoms with van der Waals surface area (Å²) >= 11 is 0. The molecule has 2 unspecified atom stereocenters. The van der Waals surface area contributed by atoms with Crippen LogP contribution in [0.15, 0.2) is 54.6 Å². The third-order valence-electron chi connectivity index (χ3n) is 4.26. The number of rotatable bonds is 1. The van der Waals surface area contributed by atoms with Crippen molar-refractivity contribution in [3.05, 3.63) is 60.2 Å². The maximum Gasteiger partial charge on any atom is 0.0187 e. The first-order chi connectivity index (χ1) is 6.94. The van der Waals surface area contributed by atoms with Crippen molar-refractivity contribution in [2.45, 2.75) is 5.41 Å². The first-order valence-corrected chi connectivity index (χ1v) is 5.36. The Bertz CT molecular complexity index is 418. The highest BCUT2D eigenvalue weighted by Gasteiger charge is 2.70. The van der Waals surface area contributed by atoms with Gasteiger partial charge in [-0.05, 0) is 17.4 Å². The Kier molecular flexibility index (Phi) is 1.02. The number of hydrogen-bond acceptors (Lipinski definition) is 0. The molecule has 3 aliphatic carbocycles. The van der Waals surface area contributed by atoms with Crippen molar-refractivity contribution in [1.82, 2.24) is 0 Å². The van der Waals surface area contributed by atoms with Crippen LogP contribution in [0.25, 0.3) is 0 Å². The predicted octanol–water partition coefficient (Wildman–Crippen LogP) is 2.93. The van der Waals surface area contributed by atoms with Crippen LogP contribution in [0.1, 0.15) is 5.56 Å². The summed E-state index contributed by atoms with van der Waals surface area (Å²) in [6, 6.07) is 11.0. The smallest absolute Gasteiger partial charge is 0.0187 e. The highest BCUT2D eigenvalue weighted by Crippen LogP contribution is 2.72. The van der Waals surface area contributed by atoms with Gasteiger partial charge in [0.15, 0.2) is 0 Å². The number of allylic oxidation sites excluding steroid dienone is 4. The zero-order valence-corrected chi connectivity index (χ0v) is 7.93. The van der Waals surface area contributed by atoms with E-state index in [0.717, 1.165) is 11.8 Å². The largest absolute Gasteiger partial charge is 0.0832 e. The van der Waals surface area contributed by atoms with Crippen LogP contribution in [0.2, 0.25) is 0 Å². The molecule has 0 heterocycles. The molecule has 0 aromatic heterocycles. The molecular formula is C14H12. The lowest BCUT2D eigenvalue weighted by atomic mass is 9.85. The third kappa shape index (κ3) is 0.552. The van der Waals surface area contributed by atoms with Crippen molar-refractivity contribution in [2.24, 2.45) is 17.8 Å². The summed E-state index contributed by atoms with van der Waals surface area (Å²) in [5.74, 6) is 2.29. The van der Waals surface area contributed by atoms with Gasteiger partial charge in [-0.15, -0.1) is 0 Å². The Hall–Kier alpha value is -1.30. The fourth-order valence-electron chi connectivity index (χ4n) is 3.63. The van der Waals surface area contributed by atoms with E-state index >= 15 is 0 Å². The van der Waals surface area contributed by atoms with E-state index in [4.69, 9.17) is 0 Å².